The zero-order valence-electron chi connectivity index (χ0n) is 12.7. The summed E-state index contributed by atoms with van der Waals surface area (Å²) in [4.78, 5) is 0. The molecule has 0 spiro atoms. The predicted octanol–water partition coefficient (Wildman–Crippen LogP) is 2.72. The maximum absolute atomic E-state index is 5.57. The molecule has 0 aliphatic rings. The molecular formula is C15H26N2O2. The Bertz CT molecular complexity index is 419. The number of nitrogens with two attached hydrogens (primary N) is 1. The van der Waals surface area contributed by atoms with E-state index in [1.165, 1.54) is 0 Å². The number of hydrogen-bond acceptors (Lipinski definition) is 4. The second-order valence-corrected chi connectivity index (χ2v) is 4.97. The van der Waals surface area contributed by atoms with Crippen LogP contribution in [0.15, 0.2) is 6.07 Å². The standard InChI is InChI=1S/C15H26N2O2/c1-10(6-7-16)9-17-13-8-14(18-4)11(2)12(3)15(13)19-5/h8,10,17H,6-7,9,16H2,1-5H3. The normalized spacial score (nSPS) is 12.1. The lowest BCUT2D eigenvalue weighted by Gasteiger charge is -2.19. The third kappa shape index (κ3) is 3.77. The summed E-state index contributed by atoms with van der Waals surface area (Å²) < 4.78 is 10.9. The van der Waals surface area contributed by atoms with Crippen LogP contribution in [0.5, 0.6) is 11.5 Å². The van der Waals surface area contributed by atoms with Crippen LogP contribution in [-0.4, -0.2) is 27.3 Å². The molecule has 4 nitrogen and oxygen atoms in total. The van der Waals surface area contributed by atoms with Crippen molar-refractivity contribution in [1.29, 1.82) is 0 Å². The molecule has 19 heavy (non-hydrogen) atoms. The van der Waals surface area contributed by atoms with E-state index in [1.807, 2.05) is 19.9 Å². The lowest BCUT2D eigenvalue weighted by molar-refractivity contribution is 0.399. The minimum absolute atomic E-state index is 0.530. The van der Waals surface area contributed by atoms with E-state index in [-0.39, 0.29) is 0 Å². The highest BCUT2D eigenvalue weighted by Gasteiger charge is 2.14. The molecule has 0 aliphatic carbocycles. The van der Waals surface area contributed by atoms with Gasteiger partial charge in [0.2, 0.25) is 0 Å². The van der Waals surface area contributed by atoms with Crippen LogP contribution >= 0.6 is 0 Å². The zero-order valence-corrected chi connectivity index (χ0v) is 12.7. The minimum Gasteiger partial charge on any atom is -0.496 e. The first-order chi connectivity index (χ1) is 9.04. The van der Waals surface area contributed by atoms with Crippen molar-refractivity contribution < 1.29 is 9.47 Å². The second-order valence-electron chi connectivity index (χ2n) is 4.97. The Labute approximate surface area is 116 Å². The van der Waals surface area contributed by atoms with E-state index in [0.29, 0.717) is 5.92 Å². The maximum Gasteiger partial charge on any atom is 0.145 e. The molecule has 0 saturated carbocycles. The quantitative estimate of drug-likeness (QED) is 0.796. The first-order valence-corrected chi connectivity index (χ1v) is 6.71. The lowest BCUT2D eigenvalue weighted by Crippen LogP contribution is -2.16. The highest BCUT2D eigenvalue weighted by Crippen LogP contribution is 2.37. The monoisotopic (exact) mass is 266 g/mol. The zero-order chi connectivity index (χ0) is 14.4. The Morgan fingerprint density at radius 3 is 2.42 bits per heavy atom. The molecule has 3 N–H and O–H groups in total. The maximum atomic E-state index is 5.57. The highest BCUT2D eigenvalue weighted by molar-refractivity contribution is 5.66. The Morgan fingerprint density at radius 2 is 1.89 bits per heavy atom. The molecule has 1 aromatic rings. The average Bonchev–Trinajstić information content (AvgIpc) is 2.40. The van der Waals surface area contributed by atoms with Crippen LogP contribution < -0.4 is 20.5 Å². The second kappa shape index (κ2) is 7.24. The molecule has 0 aliphatic heterocycles. The molecule has 0 bridgehead atoms. The van der Waals surface area contributed by atoms with E-state index in [2.05, 4.69) is 12.2 Å². The number of benzene rings is 1. The van der Waals surface area contributed by atoms with Gasteiger partial charge in [-0.05, 0) is 43.9 Å². The molecule has 0 fully saturated rings. The van der Waals surface area contributed by atoms with Crippen molar-refractivity contribution in [2.24, 2.45) is 11.7 Å². The van der Waals surface area contributed by atoms with Gasteiger partial charge >= 0.3 is 0 Å². The van der Waals surface area contributed by atoms with Crippen molar-refractivity contribution in [3.8, 4) is 11.5 Å². The van der Waals surface area contributed by atoms with Gasteiger partial charge in [0.05, 0.1) is 19.9 Å². The molecule has 108 valence electrons. The molecule has 1 rings (SSSR count). The Hall–Kier alpha value is -1.42. The van der Waals surface area contributed by atoms with Gasteiger partial charge in [-0.25, -0.2) is 0 Å². The molecule has 0 aromatic heterocycles. The van der Waals surface area contributed by atoms with Crippen molar-refractivity contribution in [1.82, 2.24) is 0 Å². The van der Waals surface area contributed by atoms with Crippen LogP contribution in [0.4, 0.5) is 5.69 Å². The summed E-state index contributed by atoms with van der Waals surface area (Å²) >= 11 is 0. The van der Waals surface area contributed by atoms with E-state index >= 15 is 0 Å². The number of hydrogen-bond donors (Lipinski definition) is 2. The summed E-state index contributed by atoms with van der Waals surface area (Å²) in [5.41, 5.74) is 8.77. The topological polar surface area (TPSA) is 56.5 Å². The van der Waals surface area contributed by atoms with Crippen LogP contribution in [-0.2, 0) is 0 Å². The molecule has 0 amide bonds. The van der Waals surface area contributed by atoms with Crippen molar-refractivity contribution >= 4 is 5.69 Å². The smallest absolute Gasteiger partial charge is 0.145 e. The van der Waals surface area contributed by atoms with Crippen LogP contribution in [0.1, 0.15) is 24.5 Å². The van der Waals surface area contributed by atoms with Gasteiger partial charge in [-0.2, -0.15) is 0 Å². The van der Waals surface area contributed by atoms with Crippen LogP contribution in [0, 0.1) is 19.8 Å². The molecule has 0 radical (unpaired) electrons. The summed E-state index contributed by atoms with van der Waals surface area (Å²) in [6, 6.07) is 2.00. The van der Waals surface area contributed by atoms with Crippen molar-refractivity contribution in [3.05, 3.63) is 17.2 Å². The van der Waals surface area contributed by atoms with Crippen LogP contribution in [0.2, 0.25) is 0 Å². The average molecular weight is 266 g/mol. The summed E-state index contributed by atoms with van der Waals surface area (Å²) in [6.07, 6.45) is 1.01. The number of rotatable bonds is 7. The predicted molar refractivity (Wildman–Crippen MR) is 80.3 cm³/mol. The first kappa shape index (κ1) is 15.6. The van der Waals surface area contributed by atoms with Gasteiger partial charge < -0.3 is 20.5 Å². The van der Waals surface area contributed by atoms with E-state index < -0.39 is 0 Å². The third-order valence-corrected chi connectivity index (χ3v) is 3.52. The van der Waals surface area contributed by atoms with Crippen LogP contribution in [0.25, 0.3) is 0 Å². The third-order valence-electron chi connectivity index (χ3n) is 3.52. The minimum atomic E-state index is 0.530. The van der Waals surface area contributed by atoms with Crippen molar-refractivity contribution in [2.75, 3.05) is 32.6 Å². The van der Waals surface area contributed by atoms with Gasteiger partial charge in [-0.1, -0.05) is 6.92 Å². The summed E-state index contributed by atoms with van der Waals surface area (Å²) in [7, 11) is 3.39. The van der Waals surface area contributed by atoms with Gasteiger partial charge in [-0.15, -0.1) is 0 Å². The highest BCUT2D eigenvalue weighted by atomic mass is 16.5. The first-order valence-electron chi connectivity index (χ1n) is 6.71. The largest absolute Gasteiger partial charge is 0.496 e. The Balaban J connectivity index is 2.95. The summed E-state index contributed by atoms with van der Waals surface area (Å²) in [5.74, 6) is 2.30. The lowest BCUT2D eigenvalue weighted by atomic mass is 10.0. The number of nitrogens with one attached hydrogen (secondary N) is 1. The van der Waals surface area contributed by atoms with Gasteiger partial charge in [0.15, 0.2) is 0 Å². The van der Waals surface area contributed by atoms with E-state index in [9.17, 15) is 0 Å². The van der Waals surface area contributed by atoms with Crippen molar-refractivity contribution in [3.63, 3.8) is 0 Å². The molecule has 1 unspecified atom stereocenters. The SMILES string of the molecule is COc1cc(NCC(C)CCN)c(OC)c(C)c1C. The Kier molecular flexibility index (Phi) is 5.96. The van der Waals surface area contributed by atoms with Gasteiger partial charge in [0.25, 0.3) is 0 Å². The Morgan fingerprint density at radius 1 is 1.21 bits per heavy atom. The van der Waals surface area contributed by atoms with Gasteiger partial charge in [0, 0.05) is 12.6 Å². The molecule has 1 aromatic carbocycles. The molecule has 4 heteroatoms. The fraction of sp³-hybridized carbons (Fsp3) is 0.600. The van der Waals surface area contributed by atoms with E-state index in [4.69, 9.17) is 15.2 Å². The molecule has 1 atom stereocenters. The summed E-state index contributed by atoms with van der Waals surface area (Å²) in [5, 5.41) is 3.43. The number of ether oxygens (including phenoxy) is 2. The number of anilines is 1. The van der Waals surface area contributed by atoms with Crippen LogP contribution in [0.3, 0.4) is 0 Å². The fourth-order valence-electron chi connectivity index (χ4n) is 2.14. The van der Waals surface area contributed by atoms with E-state index in [1.54, 1.807) is 14.2 Å². The van der Waals surface area contributed by atoms with Crippen molar-refractivity contribution in [2.45, 2.75) is 27.2 Å². The summed E-state index contributed by atoms with van der Waals surface area (Å²) in [6.45, 7) is 7.86. The molecule has 0 heterocycles. The fourth-order valence-corrected chi connectivity index (χ4v) is 2.14. The van der Waals surface area contributed by atoms with Gasteiger partial charge in [-0.3, -0.25) is 0 Å². The molecular weight excluding hydrogens is 240 g/mol. The van der Waals surface area contributed by atoms with Gasteiger partial charge in [0.1, 0.15) is 11.5 Å². The molecule has 0 saturated heterocycles. The number of methoxy groups -OCH3 is 2. The van der Waals surface area contributed by atoms with E-state index in [0.717, 1.165) is 47.8 Å².